The maximum Gasteiger partial charge on any atom is 0.191 e. The van der Waals surface area contributed by atoms with Crippen LogP contribution in [0.4, 0.5) is 8.78 Å². The first kappa shape index (κ1) is 25.7. The zero-order chi connectivity index (χ0) is 22.2. The number of guanidine groups is 1. The van der Waals surface area contributed by atoms with Gasteiger partial charge in [0.05, 0.1) is 11.7 Å². The highest BCUT2D eigenvalue weighted by atomic mass is 127. The van der Waals surface area contributed by atoms with Crippen LogP contribution in [0.3, 0.4) is 0 Å². The number of halogens is 3. The van der Waals surface area contributed by atoms with E-state index in [4.69, 9.17) is 0 Å². The van der Waals surface area contributed by atoms with Gasteiger partial charge < -0.3 is 15.5 Å². The van der Waals surface area contributed by atoms with Gasteiger partial charge in [0.25, 0.3) is 0 Å². The van der Waals surface area contributed by atoms with E-state index in [0.717, 1.165) is 12.1 Å². The zero-order valence-corrected chi connectivity index (χ0v) is 20.8. The minimum atomic E-state index is -0.554. The lowest BCUT2D eigenvalue weighted by Crippen LogP contribution is -2.42. The van der Waals surface area contributed by atoms with Crippen LogP contribution in [0.25, 0.3) is 5.69 Å². The summed E-state index contributed by atoms with van der Waals surface area (Å²) >= 11 is 0. The van der Waals surface area contributed by atoms with Crippen molar-refractivity contribution in [2.24, 2.45) is 4.99 Å². The molecule has 6 nitrogen and oxygen atoms in total. The molecule has 0 radical (unpaired) electrons. The Morgan fingerprint density at radius 2 is 1.75 bits per heavy atom. The molecule has 9 heteroatoms. The molecule has 0 aliphatic rings. The van der Waals surface area contributed by atoms with E-state index in [1.807, 2.05) is 29.1 Å². The monoisotopic (exact) mass is 554 g/mol. The summed E-state index contributed by atoms with van der Waals surface area (Å²) in [5, 5.41) is 10.6. The molecule has 0 saturated carbocycles. The third-order valence-corrected chi connectivity index (χ3v) is 5.05. The molecule has 0 saturated heterocycles. The van der Waals surface area contributed by atoms with Gasteiger partial charge >= 0.3 is 0 Å². The van der Waals surface area contributed by atoms with E-state index in [1.54, 1.807) is 32.2 Å². The van der Waals surface area contributed by atoms with Crippen LogP contribution in [0.1, 0.15) is 17.2 Å². The summed E-state index contributed by atoms with van der Waals surface area (Å²) in [4.78, 5) is 5.99. The fraction of sp³-hybridized carbons (Fsp3) is 0.304. The van der Waals surface area contributed by atoms with Gasteiger partial charge in [0, 0.05) is 38.1 Å². The number of hydrogen-bond donors (Lipinski definition) is 2. The van der Waals surface area contributed by atoms with Crippen molar-refractivity contribution in [3.05, 3.63) is 83.7 Å². The largest absolute Gasteiger partial charge is 0.356 e. The van der Waals surface area contributed by atoms with Crippen LogP contribution in [-0.2, 0) is 6.42 Å². The van der Waals surface area contributed by atoms with Crippen molar-refractivity contribution < 1.29 is 8.78 Å². The van der Waals surface area contributed by atoms with Crippen LogP contribution in [-0.4, -0.2) is 54.9 Å². The first-order valence-electron chi connectivity index (χ1n) is 10.1. The van der Waals surface area contributed by atoms with Crippen molar-refractivity contribution >= 4 is 29.9 Å². The van der Waals surface area contributed by atoms with Crippen molar-refractivity contribution in [3.8, 4) is 5.69 Å². The van der Waals surface area contributed by atoms with Gasteiger partial charge in [-0.05, 0) is 56.4 Å². The molecule has 1 heterocycles. The molecule has 0 bridgehead atoms. The molecule has 1 unspecified atom stereocenters. The Bertz CT molecular complexity index is 970. The summed E-state index contributed by atoms with van der Waals surface area (Å²) in [6, 6.07) is 13.5. The van der Waals surface area contributed by atoms with E-state index in [2.05, 4.69) is 32.9 Å². The van der Waals surface area contributed by atoms with Crippen LogP contribution in [0.5, 0.6) is 0 Å². The summed E-state index contributed by atoms with van der Waals surface area (Å²) < 4.78 is 30.3. The third kappa shape index (κ3) is 6.73. The summed E-state index contributed by atoms with van der Waals surface area (Å²) in [6.45, 7) is 0.977. The maximum absolute atomic E-state index is 14.2. The molecular weight excluding hydrogens is 525 g/mol. The van der Waals surface area contributed by atoms with Gasteiger partial charge in [0.2, 0.25) is 0 Å². The van der Waals surface area contributed by atoms with E-state index in [1.165, 1.54) is 23.8 Å². The number of aromatic nitrogens is 2. The summed E-state index contributed by atoms with van der Waals surface area (Å²) in [5.41, 5.74) is 2.24. The van der Waals surface area contributed by atoms with Gasteiger partial charge in [0.1, 0.15) is 11.6 Å². The smallest absolute Gasteiger partial charge is 0.191 e. The summed E-state index contributed by atoms with van der Waals surface area (Å²) in [7, 11) is 5.26. The highest BCUT2D eigenvalue weighted by Crippen LogP contribution is 2.23. The Morgan fingerprint density at radius 1 is 1.06 bits per heavy atom. The molecular formula is C23H29F2IN6. The van der Waals surface area contributed by atoms with E-state index >= 15 is 0 Å². The highest BCUT2D eigenvalue weighted by Gasteiger charge is 2.22. The Kier molecular flexibility index (Phi) is 10.0. The second-order valence-corrected chi connectivity index (χ2v) is 7.36. The number of hydrogen-bond acceptors (Lipinski definition) is 3. The zero-order valence-electron chi connectivity index (χ0n) is 18.4. The molecule has 0 aliphatic carbocycles. The van der Waals surface area contributed by atoms with Crippen molar-refractivity contribution in [2.75, 3.05) is 34.2 Å². The molecule has 32 heavy (non-hydrogen) atoms. The second kappa shape index (κ2) is 12.5. The fourth-order valence-electron chi connectivity index (χ4n) is 3.35. The van der Waals surface area contributed by atoms with Crippen molar-refractivity contribution in [3.63, 3.8) is 0 Å². The standard InChI is InChI=1S/C23H28F2N6.HI/c1-26-23(28-16-21(30(2)3)22-19(24)6-4-7-20(22)25)27-14-12-17-8-10-18(11-9-17)31-15-5-13-29-31;/h4-11,13,15,21H,12,14,16H2,1-3H3,(H2,26,27,28);1H. The normalized spacial score (nSPS) is 12.4. The molecule has 0 amide bonds. The minimum absolute atomic E-state index is 0. The van der Waals surface area contributed by atoms with Crippen LogP contribution in [0, 0.1) is 11.6 Å². The first-order chi connectivity index (χ1) is 15.0. The maximum atomic E-state index is 14.2. The second-order valence-electron chi connectivity index (χ2n) is 7.36. The number of nitrogens with zero attached hydrogens (tertiary/aromatic N) is 4. The predicted octanol–water partition coefficient (Wildman–Crippen LogP) is 3.78. The Hall–Kier alpha value is -2.53. The minimum Gasteiger partial charge on any atom is -0.356 e. The van der Waals surface area contributed by atoms with Crippen LogP contribution < -0.4 is 10.6 Å². The van der Waals surface area contributed by atoms with E-state index in [0.29, 0.717) is 19.0 Å². The topological polar surface area (TPSA) is 57.5 Å². The molecule has 1 atom stereocenters. The molecule has 0 fully saturated rings. The Morgan fingerprint density at radius 3 is 2.31 bits per heavy atom. The lowest BCUT2D eigenvalue weighted by atomic mass is 10.0. The molecule has 172 valence electrons. The number of aliphatic imine (C=N–C) groups is 1. The SMILES string of the molecule is CN=C(NCCc1ccc(-n2cccn2)cc1)NCC(c1c(F)cccc1F)N(C)C.I. The molecule has 2 aromatic carbocycles. The molecule has 3 rings (SSSR count). The lowest BCUT2D eigenvalue weighted by Gasteiger charge is -2.26. The van der Waals surface area contributed by atoms with E-state index in [-0.39, 0.29) is 29.5 Å². The van der Waals surface area contributed by atoms with Crippen molar-refractivity contribution in [1.29, 1.82) is 0 Å². The predicted molar refractivity (Wildman–Crippen MR) is 135 cm³/mol. The van der Waals surface area contributed by atoms with Gasteiger partial charge in [-0.2, -0.15) is 5.10 Å². The van der Waals surface area contributed by atoms with Crippen LogP contribution in [0.2, 0.25) is 0 Å². The van der Waals surface area contributed by atoms with Gasteiger partial charge in [-0.1, -0.05) is 18.2 Å². The Balaban J connectivity index is 0.00000363. The average Bonchev–Trinajstić information content (AvgIpc) is 3.29. The fourth-order valence-corrected chi connectivity index (χ4v) is 3.35. The van der Waals surface area contributed by atoms with E-state index < -0.39 is 17.7 Å². The molecule has 0 aliphatic heterocycles. The number of benzene rings is 2. The molecule has 2 N–H and O–H groups in total. The van der Waals surface area contributed by atoms with Gasteiger partial charge in [-0.25, -0.2) is 13.5 Å². The van der Waals surface area contributed by atoms with Gasteiger partial charge in [-0.3, -0.25) is 4.99 Å². The van der Waals surface area contributed by atoms with Gasteiger partial charge in [0.15, 0.2) is 5.96 Å². The van der Waals surface area contributed by atoms with Crippen molar-refractivity contribution in [1.82, 2.24) is 25.3 Å². The van der Waals surface area contributed by atoms with Crippen LogP contribution >= 0.6 is 24.0 Å². The van der Waals surface area contributed by atoms with Crippen molar-refractivity contribution in [2.45, 2.75) is 12.5 Å². The summed E-state index contributed by atoms with van der Waals surface area (Å²) in [5.74, 6) is -0.527. The highest BCUT2D eigenvalue weighted by molar-refractivity contribution is 14.0. The molecule has 3 aromatic rings. The third-order valence-electron chi connectivity index (χ3n) is 5.05. The molecule has 0 spiro atoms. The van der Waals surface area contributed by atoms with Gasteiger partial charge in [-0.15, -0.1) is 24.0 Å². The lowest BCUT2D eigenvalue weighted by molar-refractivity contribution is 0.282. The number of likely N-dealkylation sites (N-methyl/N-ethyl adjacent to an activating group) is 1. The average molecular weight is 554 g/mol. The quantitative estimate of drug-likeness (QED) is 0.253. The molecule has 1 aromatic heterocycles. The first-order valence-corrected chi connectivity index (χ1v) is 10.1. The Labute approximate surface area is 204 Å². The number of nitrogens with one attached hydrogen (secondary N) is 2. The number of rotatable bonds is 8. The van der Waals surface area contributed by atoms with E-state index in [9.17, 15) is 8.78 Å². The van der Waals surface area contributed by atoms with Crippen LogP contribution in [0.15, 0.2) is 65.9 Å². The summed E-state index contributed by atoms with van der Waals surface area (Å²) in [6.07, 6.45) is 4.46.